The van der Waals surface area contributed by atoms with Crippen LogP contribution in [0.15, 0.2) is 17.3 Å². The zero-order valence-electron chi connectivity index (χ0n) is 9.94. The molecule has 0 aliphatic rings. The number of aromatic nitrogens is 2. The van der Waals surface area contributed by atoms with E-state index >= 15 is 0 Å². The zero-order chi connectivity index (χ0) is 14.3. The molecular formula is C10H13N3O4S2. The Bertz CT molecular complexity index is 574. The van der Waals surface area contributed by atoms with Crippen molar-refractivity contribution in [3.63, 3.8) is 0 Å². The quantitative estimate of drug-likeness (QED) is 0.501. The molecule has 0 amide bonds. The molecule has 1 heterocycles. The van der Waals surface area contributed by atoms with Crippen LogP contribution in [0.4, 0.5) is 0 Å². The summed E-state index contributed by atoms with van der Waals surface area (Å²) in [5.74, 6) is 2.43. The number of carbonyl (C=O) groups is 1. The number of carboxylic acid groups (broad SMARTS) is 1. The smallest absolute Gasteiger partial charge is 0.325 e. The fourth-order valence-corrected chi connectivity index (χ4v) is 2.79. The molecule has 0 aromatic carbocycles. The maximum atomic E-state index is 11.8. The number of nitrogens with zero attached hydrogens (tertiary/aromatic N) is 2. The first-order valence-corrected chi connectivity index (χ1v) is 7.84. The van der Waals surface area contributed by atoms with Crippen molar-refractivity contribution in [1.29, 1.82) is 0 Å². The van der Waals surface area contributed by atoms with E-state index in [9.17, 15) is 13.2 Å². The summed E-state index contributed by atoms with van der Waals surface area (Å²) in [5, 5.41) is 12.2. The van der Waals surface area contributed by atoms with Crippen LogP contribution in [-0.4, -0.2) is 47.3 Å². The van der Waals surface area contributed by atoms with Gasteiger partial charge in [0.15, 0.2) is 0 Å². The predicted molar refractivity (Wildman–Crippen MR) is 71.2 cm³/mol. The minimum atomic E-state index is -3.65. The molecule has 1 rings (SSSR count). The molecule has 0 spiro atoms. The predicted octanol–water partition coefficient (Wildman–Crippen LogP) is -0.388. The summed E-state index contributed by atoms with van der Waals surface area (Å²) < 4.78 is 27.0. The van der Waals surface area contributed by atoms with Gasteiger partial charge in [0.2, 0.25) is 10.0 Å². The normalized spacial score (nSPS) is 11.1. The van der Waals surface area contributed by atoms with Gasteiger partial charge in [0, 0.05) is 18.5 Å². The van der Waals surface area contributed by atoms with Crippen LogP contribution < -0.4 is 4.72 Å². The number of rotatable bonds is 8. The number of terminal acetylenes is 1. The Morgan fingerprint density at radius 3 is 3.00 bits per heavy atom. The van der Waals surface area contributed by atoms with Gasteiger partial charge in [-0.15, -0.1) is 18.2 Å². The van der Waals surface area contributed by atoms with Crippen molar-refractivity contribution in [1.82, 2.24) is 14.5 Å². The number of sulfonamides is 1. The summed E-state index contributed by atoms with van der Waals surface area (Å²) in [4.78, 5) is 10.4. The molecule has 0 fully saturated rings. The third kappa shape index (κ3) is 5.34. The lowest BCUT2D eigenvalue weighted by Gasteiger charge is -2.03. The number of thioether (sulfide) groups is 1. The topological polar surface area (TPSA) is 101 Å². The largest absolute Gasteiger partial charge is 0.480 e. The monoisotopic (exact) mass is 303 g/mol. The van der Waals surface area contributed by atoms with Crippen molar-refractivity contribution in [2.45, 2.75) is 11.4 Å². The van der Waals surface area contributed by atoms with Gasteiger partial charge in [-0.1, -0.05) is 5.92 Å². The van der Waals surface area contributed by atoms with E-state index in [0.29, 0.717) is 11.5 Å². The molecule has 19 heavy (non-hydrogen) atoms. The van der Waals surface area contributed by atoms with E-state index < -0.39 is 16.0 Å². The maximum Gasteiger partial charge on any atom is 0.325 e. The molecule has 0 radical (unpaired) electrons. The second kappa shape index (κ2) is 7.18. The first-order valence-electron chi connectivity index (χ1n) is 5.21. The molecule has 1 aromatic rings. The molecule has 0 bridgehead atoms. The average Bonchev–Trinajstić information content (AvgIpc) is 2.77. The minimum absolute atomic E-state index is 0.0595. The van der Waals surface area contributed by atoms with E-state index in [1.165, 1.54) is 18.0 Å². The van der Waals surface area contributed by atoms with Gasteiger partial charge in [0.05, 0.1) is 11.9 Å². The molecule has 0 saturated heterocycles. The lowest BCUT2D eigenvalue weighted by Crippen LogP contribution is -2.25. The molecule has 7 nitrogen and oxygen atoms in total. The maximum absolute atomic E-state index is 11.8. The second-order valence-corrected chi connectivity index (χ2v) is 6.29. The summed E-state index contributed by atoms with van der Waals surface area (Å²) in [6.07, 6.45) is 7.34. The number of nitrogens with one attached hydrogen (secondary N) is 1. The highest BCUT2D eigenvalue weighted by Crippen LogP contribution is 2.07. The fourth-order valence-electron chi connectivity index (χ4n) is 1.17. The fraction of sp³-hybridized carbons (Fsp3) is 0.400. The van der Waals surface area contributed by atoms with Crippen molar-refractivity contribution in [2.75, 3.05) is 18.1 Å². The van der Waals surface area contributed by atoms with Crippen LogP contribution in [-0.2, 0) is 21.4 Å². The summed E-state index contributed by atoms with van der Waals surface area (Å²) >= 11 is 1.44. The summed E-state index contributed by atoms with van der Waals surface area (Å²) in [6.45, 7) is -0.133. The van der Waals surface area contributed by atoms with Crippen LogP contribution in [0.25, 0.3) is 0 Å². The SMILES string of the molecule is C#CCSCCNS(=O)(=O)c1cnn(CC(=O)O)c1. The standard InChI is InChI=1S/C10H13N3O4S2/c1-2-4-18-5-3-12-19(16,17)9-6-11-13(7-9)8-10(14)15/h1,6-7,12H,3-5,8H2,(H,14,15). The van der Waals surface area contributed by atoms with Crippen LogP contribution in [0.5, 0.6) is 0 Å². The first kappa shape index (κ1) is 15.6. The van der Waals surface area contributed by atoms with Crippen LogP contribution in [0.3, 0.4) is 0 Å². The van der Waals surface area contributed by atoms with Crippen molar-refractivity contribution in [3.8, 4) is 12.3 Å². The third-order valence-electron chi connectivity index (χ3n) is 1.94. The Hall–Kier alpha value is -1.50. The Balaban J connectivity index is 2.55. The van der Waals surface area contributed by atoms with E-state index in [2.05, 4.69) is 15.7 Å². The van der Waals surface area contributed by atoms with E-state index in [-0.39, 0.29) is 18.0 Å². The third-order valence-corrected chi connectivity index (χ3v) is 4.22. The van der Waals surface area contributed by atoms with Crippen molar-refractivity contribution >= 4 is 27.8 Å². The average molecular weight is 303 g/mol. The van der Waals surface area contributed by atoms with E-state index in [0.717, 1.165) is 10.9 Å². The van der Waals surface area contributed by atoms with Crippen molar-refractivity contribution in [2.24, 2.45) is 0 Å². The highest BCUT2D eigenvalue weighted by atomic mass is 32.2. The van der Waals surface area contributed by atoms with Crippen LogP contribution >= 0.6 is 11.8 Å². The van der Waals surface area contributed by atoms with Crippen molar-refractivity contribution < 1.29 is 18.3 Å². The van der Waals surface area contributed by atoms with Crippen molar-refractivity contribution in [3.05, 3.63) is 12.4 Å². The summed E-state index contributed by atoms with van der Waals surface area (Å²) in [7, 11) is -3.65. The van der Waals surface area contributed by atoms with Gasteiger partial charge >= 0.3 is 5.97 Å². The molecule has 0 unspecified atom stereocenters. The molecule has 0 saturated carbocycles. The van der Waals surface area contributed by atoms with Crippen LogP contribution in [0.1, 0.15) is 0 Å². The van der Waals surface area contributed by atoms with Gasteiger partial charge in [-0.2, -0.15) is 5.10 Å². The van der Waals surface area contributed by atoms with Gasteiger partial charge in [0.25, 0.3) is 0 Å². The first-order chi connectivity index (χ1) is 8.95. The van der Waals surface area contributed by atoms with Crippen LogP contribution in [0, 0.1) is 12.3 Å². The summed E-state index contributed by atoms with van der Waals surface area (Å²) in [5.41, 5.74) is 0. The van der Waals surface area contributed by atoms with E-state index in [4.69, 9.17) is 11.5 Å². The Morgan fingerprint density at radius 2 is 2.37 bits per heavy atom. The lowest BCUT2D eigenvalue weighted by atomic mass is 10.6. The molecule has 0 aliphatic heterocycles. The number of aliphatic carboxylic acids is 1. The van der Waals surface area contributed by atoms with E-state index in [1.807, 2.05) is 0 Å². The molecule has 9 heteroatoms. The number of hydrogen-bond acceptors (Lipinski definition) is 5. The Kier molecular flexibility index (Phi) is 5.88. The highest BCUT2D eigenvalue weighted by molar-refractivity contribution is 7.99. The summed E-state index contributed by atoms with van der Waals surface area (Å²) in [6, 6.07) is 0. The highest BCUT2D eigenvalue weighted by Gasteiger charge is 2.16. The lowest BCUT2D eigenvalue weighted by molar-refractivity contribution is -0.137. The van der Waals surface area contributed by atoms with Gasteiger partial charge < -0.3 is 5.11 Å². The molecule has 0 aliphatic carbocycles. The number of carboxylic acids is 1. The molecule has 2 N–H and O–H groups in total. The Morgan fingerprint density at radius 1 is 1.63 bits per heavy atom. The zero-order valence-corrected chi connectivity index (χ0v) is 11.6. The molecular weight excluding hydrogens is 290 g/mol. The van der Waals surface area contributed by atoms with Gasteiger partial charge in [-0.25, -0.2) is 13.1 Å². The second-order valence-electron chi connectivity index (χ2n) is 3.42. The van der Waals surface area contributed by atoms with E-state index in [1.54, 1.807) is 0 Å². The molecule has 104 valence electrons. The minimum Gasteiger partial charge on any atom is -0.480 e. The Labute approximate surface area is 115 Å². The van der Waals surface area contributed by atoms with Gasteiger partial charge in [-0.3, -0.25) is 9.48 Å². The van der Waals surface area contributed by atoms with Gasteiger partial charge in [0.1, 0.15) is 11.4 Å². The molecule has 1 aromatic heterocycles. The number of hydrogen-bond donors (Lipinski definition) is 2. The van der Waals surface area contributed by atoms with Gasteiger partial charge in [-0.05, 0) is 0 Å². The van der Waals surface area contributed by atoms with Crippen LogP contribution in [0.2, 0.25) is 0 Å². The molecule has 0 atom stereocenters.